The molecule has 5 nitrogen and oxygen atoms in total. The van der Waals surface area contributed by atoms with Gasteiger partial charge in [-0.2, -0.15) is 0 Å². The van der Waals surface area contributed by atoms with Crippen LogP contribution in [0.2, 0.25) is 0 Å². The van der Waals surface area contributed by atoms with Crippen molar-refractivity contribution in [2.75, 3.05) is 13.7 Å². The molecule has 1 heterocycles. The van der Waals surface area contributed by atoms with Crippen LogP contribution in [0.1, 0.15) is 36.0 Å². The van der Waals surface area contributed by atoms with E-state index in [9.17, 15) is 14.0 Å². The monoisotopic (exact) mass is 295 g/mol. The van der Waals surface area contributed by atoms with Gasteiger partial charge in [0, 0.05) is 18.7 Å². The molecule has 114 valence electrons. The summed E-state index contributed by atoms with van der Waals surface area (Å²) in [5.41, 5.74) is -0.0481. The maximum Gasteiger partial charge on any atom is 0.305 e. The summed E-state index contributed by atoms with van der Waals surface area (Å²) >= 11 is 0. The van der Waals surface area contributed by atoms with Crippen LogP contribution in [0.25, 0.3) is 0 Å². The minimum Gasteiger partial charge on any atom is -0.497 e. The molecule has 1 aromatic carbocycles. The lowest BCUT2D eigenvalue weighted by molar-refractivity contribution is -0.138. The second kappa shape index (κ2) is 6.56. The fourth-order valence-electron chi connectivity index (χ4n) is 2.63. The highest BCUT2D eigenvalue weighted by Gasteiger charge is 2.30. The molecule has 1 aliphatic rings. The number of rotatable bonds is 4. The number of piperidine rings is 1. The minimum absolute atomic E-state index is 0.0481. The van der Waals surface area contributed by atoms with Crippen LogP contribution < -0.4 is 4.74 Å². The van der Waals surface area contributed by atoms with Crippen LogP contribution in [0.5, 0.6) is 5.75 Å². The van der Waals surface area contributed by atoms with Gasteiger partial charge in [0.05, 0.1) is 19.1 Å². The lowest BCUT2D eigenvalue weighted by Crippen LogP contribution is -2.45. The number of hydrogen-bond acceptors (Lipinski definition) is 3. The van der Waals surface area contributed by atoms with Gasteiger partial charge in [-0.05, 0) is 31.4 Å². The van der Waals surface area contributed by atoms with Crippen molar-refractivity contribution < 1.29 is 23.8 Å². The molecule has 1 atom stereocenters. The van der Waals surface area contributed by atoms with Crippen molar-refractivity contribution in [1.29, 1.82) is 0 Å². The van der Waals surface area contributed by atoms with Gasteiger partial charge in [0.15, 0.2) is 0 Å². The summed E-state index contributed by atoms with van der Waals surface area (Å²) in [6.07, 6.45) is 2.21. The molecular weight excluding hydrogens is 277 g/mol. The van der Waals surface area contributed by atoms with E-state index in [0.29, 0.717) is 18.7 Å². The van der Waals surface area contributed by atoms with Crippen molar-refractivity contribution in [1.82, 2.24) is 4.90 Å². The van der Waals surface area contributed by atoms with E-state index in [0.717, 1.165) is 18.9 Å². The standard InChI is InChI=1S/C15H18FNO4/c1-21-11-5-6-12(13(16)9-11)15(20)17-7-3-2-4-10(17)8-14(18)19/h5-6,9-10H,2-4,7-8H2,1H3,(H,18,19). The smallest absolute Gasteiger partial charge is 0.305 e. The van der Waals surface area contributed by atoms with Crippen molar-refractivity contribution in [3.63, 3.8) is 0 Å². The third-order valence-corrected chi connectivity index (χ3v) is 3.70. The van der Waals surface area contributed by atoms with Crippen LogP contribution in [-0.2, 0) is 4.79 Å². The molecule has 1 unspecified atom stereocenters. The van der Waals surface area contributed by atoms with E-state index in [1.165, 1.54) is 24.1 Å². The zero-order valence-corrected chi connectivity index (χ0v) is 11.8. The first-order valence-electron chi connectivity index (χ1n) is 6.89. The highest BCUT2D eigenvalue weighted by atomic mass is 19.1. The first-order chi connectivity index (χ1) is 10.0. The molecule has 1 amide bonds. The van der Waals surface area contributed by atoms with Crippen LogP contribution >= 0.6 is 0 Å². The number of methoxy groups -OCH3 is 1. The second-order valence-electron chi connectivity index (χ2n) is 5.09. The Bertz CT molecular complexity index is 546. The van der Waals surface area contributed by atoms with Crippen molar-refractivity contribution in [2.45, 2.75) is 31.7 Å². The predicted molar refractivity (Wildman–Crippen MR) is 73.9 cm³/mol. The van der Waals surface area contributed by atoms with Crippen LogP contribution in [0, 0.1) is 5.82 Å². The van der Waals surface area contributed by atoms with Crippen LogP contribution in [0.15, 0.2) is 18.2 Å². The number of nitrogens with zero attached hydrogens (tertiary/aromatic N) is 1. The van der Waals surface area contributed by atoms with Crippen molar-refractivity contribution in [3.05, 3.63) is 29.6 Å². The zero-order valence-electron chi connectivity index (χ0n) is 11.8. The fraction of sp³-hybridized carbons (Fsp3) is 0.467. The quantitative estimate of drug-likeness (QED) is 0.925. The number of carboxylic acid groups (broad SMARTS) is 1. The third kappa shape index (κ3) is 3.51. The SMILES string of the molecule is COc1ccc(C(=O)N2CCCCC2CC(=O)O)c(F)c1. The van der Waals surface area contributed by atoms with Gasteiger partial charge >= 0.3 is 5.97 Å². The highest BCUT2D eigenvalue weighted by molar-refractivity contribution is 5.95. The molecule has 1 N–H and O–H groups in total. The molecule has 1 fully saturated rings. The molecule has 6 heteroatoms. The lowest BCUT2D eigenvalue weighted by Gasteiger charge is -2.35. The van der Waals surface area contributed by atoms with Crippen molar-refractivity contribution >= 4 is 11.9 Å². The van der Waals surface area contributed by atoms with Crippen LogP contribution in [-0.4, -0.2) is 41.6 Å². The summed E-state index contributed by atoms with van der Waals surface area (Å²) in [6, 6.07) is 3.68. The number of benzene rings is 1. The first-order valence-corrected chi connectivity index (χ1v) is 6.89. The van der Waals surface area contributed by atoms with Gasteiger partial charge < -0.3 is 14.7 Å². The number of halogens is 1. The maximum atomic E-state index is 14.0. The van der Waals surface area contributed by atoms with Crippen LogP contribution in [0.4, 0.5) is 4.39 Å². The van der Waals surface area contributed by atoms with Gasteiger partial charge in [0.2, 0.25) is 0 Å². The Kier molecular flexibility index (Phi) is 4.77. The zero-order chi connectivity index (χ0) is 15.4. The van der Waals surface area contributed by atoms with E-state index in [2.05, 4.69) is 0 Å². The van der Waals surface area contributed by atoms with E-state index < -0.39 is 17.7 Å². The summed E-state index contributed by atoms with van der Waals surface area (Å²) in [5, 5.41) is 8.93. The lowest BCUT2D eigenvalue weighted by atomic mass is 9.98. The number of carboxylic acids is 1. The van der Waals surface area contributed by atoms with E-state index >= 15 is 0 Å². The maximum absolute atomic E-state index is 14.0. The second-order valence-corrected chi connectivity index (χ2v) is 5.09. The molecule has 0 radical (unpaired) electrons. The van der Waals surface area contributed by atoms with E-state index in [1.807, 2.05) is 0 Å². The summed E-state index contributed by atoms with van der Waals surface area (Å²) in [6.45, 7) is 0.461. The Morgan fingerprint density at radius 2 is 2.19 bits per heavy atom. The fourth-order valence-corrected chi connectivity index (χ4v) is 2.63. The first kappa shape index (κ1) is 15.3. The summed E-state index contributed by atoms with van der Waals surface area (Å²) in [5.74, 6) is -1.72. The van der Waals surface area contributed by atoms with Gasteiger partial charge in [-0.1, -0.05) is 0 Å². The Hall–Kier alpha value is -2.11. The average molecular weight is 295 g/mol. The number of carbonyl (C=O) groups excluding carboxylic acids is 1. The molecular formula is C15H18FNO4. The normalized spacial score (nSPS) is 18.4. The van der Waals surface area contributed by atoms with Crippen LogP contribution in [0.3, 0.4) is 0 Å². The van der Waals surface area contributed by atoms with E-state index in [-0.39, 0.29) is 18.0 Å². The molecule has 1 aromatic rings. The molecule has 0 aliphatic carbocycles. The number of likely N-dealkylation sites (tertiary alicyclic amines) is 1. The number of hydrogen-bond donors (Lipinski definition) is 1. The Labute approximate surface area is 122 Å². The molecule has 0 spiro atoms. The van der Waals surface area contributed by atoms with E-state index in [4.69, 9.17) is 9.84 Å². The molecule has 1 aliphatic heterocycles. The number of amides is 1. The number of carbonyl (C=O) groups is 2. The third-order valence-electron chi connectivity index (χ3n) is 3.70. The average Bonchev–Trinajstić information content (AvgIpc) is 2.46. The number of ether oxygens (including phenoxy) is 1. The molecule has 2 rings (SSSR count). The van der Waals surface area contributed by atoms with Gasteiger partial charge in [0.1, 0.15) is 11.6 Å². The minimum atomic E-state index is -0.949. The van der Waals surface area contributed by atoms with Gasteiger partial charge in [-0.3, -0.25) is 9.59 Å². The van der Waals surface area contributed by atoms with E-state index in [1.54, 1.807) is 0 Å². The highest BCUT2D eigenvalue weighted by Crippen LogP contribution is 2.24. The summed E-state index contributed by atoms with van der Waals surface area (Å²) in [7, 11) is 1.42. The molecule has 1 saturated heterocycles. The number of aliphatic carboxylic acids is 1. The van der Waals surface area contributed by atoms with Gasteiger partial charge in [-0.25, -0.2) is 4.39 Å². The Morgan fingerprint density at radius 1 is 1.43 bits per heavy atom. The topological polar surface area (TPSA) is 66.8 Å². The largest absolute Gasteiger partial charge is 0.497 e. The summed E-state index contributed by atoms with van der Waals surface area (Å²) < 4.78 is 18.9. The van der Waals surface area contributed by atoms with Gasteiger partial charge in [0.25, 0.3) is 5.91 Å². The predicted octanol–water partition coefficient (Wildman–Crippen LogP) is 2.30. The van der Waals surface area contributed by atoms with Crippen molar-refractivity contribution in [2.24, 2.45) is 0 Å². The van der Waals surface area contributed by atoms with Gasteiger partial charge in [-0.15, -0.1) is 0 Å². The molecule has 21 heavy (non-hydrogen) atoms. The van der Waals surface area contributed by atoms with Crippen molar-refractivity contribution in [3.8, 4) is 5.75 Å². The Morgan fingerprint density at radius 3 is 2.81 bits per heavy atom. The molecule has 0 bridgehead atoms. The molecule has 0 saturated carbocycles. The summed E-state index contributed by atoms with van der Waals surface area (Å²) in [4.78, 5) is 24.8. The molecule has 0 aromatic heterocycles. The Balaban J connectivity index is 2.22.